The summed E-state index contributed by atoms with van der Waals surface area (Å²) in [7, 11) is 1.74. The number of carbonyl (C=O) groups is 1. The molecule has 0 aromatic heterocycles. The minimum Gasteiger partial charge on any atom is -0.444 e. The number of nitrogens with zero attached hydrogens (tertiary/aromatic N) is 2. The summed E-state index contributed by atoms with van der Waals surface area (Å²) in [4.78, 5) is 18.1. The molecule has 0 spiro atoms. The van der Waals surface area contributed by atoms with Crippen LogP contribution < -0.4 is 16.0 Å². The van der Waals surface area contributed by atoms with Crippen molar-refractivity contribution in [1.29, 1.82) is 0 Å². The minimum absolute atomic E-state index is 0.402. The van der Waals surface area contributed by atoms with Gasteiger partial charge in [0.05, 0.1) is 13.2 Å². The van der Waals surface area contributed by atoms with E-state index in [0.29, 0.717) is 13.1 Å². The lowest BCUT2D eigenvalue weighted by atomic mass is 10.2. The highest BCUT2D eigenvalue weighted by atomic mass is 16.6. The number of hydrogen-bond acceptors (Lipinski definition) is 5. The van der Waals surface area contributed by atoms with Crippen LogP contribution in [0.1, 0.15) is 33.6 Å². The molecule has 0 unspecified atom stereocenters. The van der Waals surface area contributed by atoms with Gasteiger partial charge in [-0.25, -0.2) is 4.79 Å². The standard InChI is InChI=1S/C17H35N5O3/c1-17(2,3)25-16(23)21-9-8-20-15(18-4)19-7-5-6-10-22-11-13-24-14-12-22/h5-14H2,1-4H3,(H,21,23)(H2,18,19,20). The number of guanidine groups is 1. The first-order chi connectivity index (χ1) is 11.9. The van der Waals surface area contributed by atoms with Gasteiger partial charge < -0.3 is 25.4 Å². The smallest absolute Gasteiger partial charge is 0.407 e. The van der Waals surface area contributed by atoms with Crippen molar-refractivity contribution in [2.45, 2.75) is 39.2 Å². The second-order valence-electron chi connectivity index (χ2n) is 7.02. The molecule has 0 aromatic carbocycles. The molecular weight excluding hydrogens is 322 g/mol. The second kappa shape index (κ2) is 11.9. The lowest BCUT2D eigenvalue weighted by Crippen LogP contribution is -2.42. The van der Waals surface area contributed by atoms with Gasteiger partial charge in [0.25, 0.3) is 0 Å². The fraction of sp³-hybridized carbons (Fsp3) is 0.882. The number of nitrogens with one attached hydrogen (secondary N) is 3. The zero-order valence-corrected chi connectivity index (χ0v) is 16.2. The lowest BCUT2D eigenvalue weighted by molar-refractivity contribution is 0.0372. The first-order valence-electron chi connectivity index (χ1n) is 9.12. The van der Waals surface area contributed by atoms with Crippen LogP contribution in [0.5, 0.6) is 0 Å². The Morgan fingerprint density at radius 3 is 2.36 bits per heavy atom. The average Bonchev–Trinajstić information content (AvgIpc) is 2.55. The number of carbonyl (C=O) groups excluding carboxylic acids is 1. The Labute approximate surface area is 151 Å². The number of alkyl carbamates (subject to hydrolysis) is 1. The van der Waals surface area contributed by atoms with Gasteiger partial charge in [0.1, 0.15) is 5.60 Å². The second-order valence-corrected chi connectivity index (χ2v) is 7.02. The number of hydrogen-bond donors (Lipinski definition) is 3. The van der Waals surface area contributed by atoms with Crippen LogP contribution >= 0.6 is 0 Å². The predicted molar refractivity (Wildman–Crippen MR) is 100 cm³/mol. The monoisotopic (exact) mass is 357 g/mol. The molecule has 1 fully saturated rings. The van der Waals surface area contributed by atoms with Crippen molar-refractivity contribution in [1.82, 2.24) is 20.9 Å². The fourth-order valence-electron chi connectivity index (χ4n) is 2.37. The molecule has 146 valence electrons. The van der Waals surface area contributed by atoms with E-state index in [4.69, 9.17) is 9.47 Å². The van der Waals surface area contributed by atoms with Crippen molar-refractivity contribution >= 4 is 12.1 Å². The molecule has 0 aromatic rings. The van der Waals surface area contributed by atoms with Gasteiger partial charge in [-0.05, 0) is 40.2 Å². The number of rotatable bonds is 8. The van der Waals surface area contributed by atoms with Crippen LogP contribution in [-0.4, -0.2) is 82.1 Å². The van der Waals surface area contributed by atoms with E-state index >= 15 is 0 Å². The van der Waals surface area contributed by atoms with Gasteiger partial charge in [-0.15, -0.1) is 0 Å². The number of unbranched alkanes of at least 4 members (excludes halogenated alkanes) is 1. The summed E-state index contributed by atoms with van der Waals surface area (Å²) in [6.07, 6.45) is 1.85. The maximum Gasteiger partial charge on any atom is 0.407 e. The van der Waals surface area contributed by atoms with E-state index in [1.807, 2.05) is 20.8 Å². The summed E-state index contributed by atoms with van der Waals surface area (Å²) in [6.45, 7) is 12.4. The highest BCUT2D eigenvalue weighted by Gasteiger charge is 2.15. The van der Waals surface area contributed by atoms with Crippen molar-refractivity contribution in [2.75, 3.05) is 59.5 Å². The normalized spacial score (nSPS) is 16.4. The highest BCUT2D eigenvalue weighted by molar-refractivity contribution is 5.79. The minimum atomic E-state index is -0.476. The van der Waals surface area contributed by atoms with Crippen molar-refractivity contribution in [2.24, 2.45) is 4.99 Å². The molecule has 8 nitrogen and oxygen atoms in total. The first-order valence-corrected chi connectivity index (χ1v) is 9.12. The maximum atomic E-state index is 11.5. The first kappa shape index (κ1) is 21.5. The average molecular weight is 357 g/mol. The van der Waals surface area contributed by atoms with Crippen LogP contribution in [0.4, 0.5) is 4.79 Å². The largest absolute Gasteiger partial charge is 0.444 e. The third kappa shape index (κ3) is 11.6. The Morgan fingerprint density at radius 1 is 1.08 bits per heavy atom. The van der Waals surface area contributed by atoms with E-state index in [-0.39, 0.29) is 0 Å². The molecule has 0 aliphatic carbocycles. The van der Waals surface area contributed by atoms with Gasteiger partial charge >= 0.3 is 6.09 Å². The molecule has 3 N–H and O–H groups in total. The quantitative estimate of drug-likeness (QED) is 0.338. The molecule has 1 aliphatic rings. The maximum absolute atomic E-state index is 11.5. The third-order valence-corrected chi connectivity index (χ3v) is 3.61. The van der Waals surface area contributed by atoms with E-state index < -0.39 is 11.7 Å². The van der Waals surface area contributed by atoms with Crippen LogP contribution in [0.25, 0.3) is 0 Å². The van der Waals surface area contributed by atoms with Crippen LogP contribution in [0.2, 0.25) is 0 Å². The Hall–Kier alpha value is -1.54. The Morgan fingerprint density at radius 2 is 1.72 bits per heavy atom. The molecule has 8 heteroatoms. The van der Waals surface area contributed by atoms with Crippen molar-refractivity contribution < 1.29 is 14.3 Å². The van der Waals surface area contributed by atoms with Crippen molar-refractivity contribution in [3.8, 4) is 0 Å². The summed E-state index contributed by atoms with van der Waals surface area (Å²) >= 11 is 0. The van der Waals surface area contributed by atoms with Crippen molar-refractivity contribution in [3.63, 3.8) is 0 Å². The van der Waals surface area contributed by atoms with E-state index in [9.17, 15) is 4.79 Å². The summed E-state index contributed by atoms with van der Waals surface area (Å²) in [5.41, 5.74) is -0.476. The number of ether oxygens (including phenoxy) is 2. The highest BCUT2D eigenvalue weighted by Crippen LogP contribution is 2.06. The molecule has 0 atom stereocenters. The van der Waals surface area contributed by atoms with E-state index in [2.05, 4.69) is 25.8 Å². The summed E-state index contributed by atoms with van der Waals surface area (Å²) in [5, 5.41) is 9.16. The molecular formula is C17H35N5O3. The number of aliphatic imine (C=N–C) groups is 1. The van der Waals surface area contributed by atoms with Crippen LogP contribution in [0.3, 0.4) is 0 Å². The van der Waals surface area contributed by atoms with Gasteiger partial charge in [0.15, 0.2) is 5.96 Å². The molecule has 0 radical (unpaired) electrons. The summed E-state index contributed by atoms with van der Waals surface area (Å²) < 4.78 is 10.5. The fourth-order valence-corrected chi connectivity index (χ4v) is 2.37. The predicted octanol–water partition coefficient (Wildman–Crippen LogP) is 0.789. The Kier molecular flexibility index (Phi) is 10.3. The lowest BCUT2D eigenvalue weighted by Gasteiger charge is -2.26. The summed E-state index contributed by atoms with van der Waals surface area (Å²) in [6, 6.07) is 0. The third-order valence-electron chi connectivity index (χ3n) is 3.61. The van der Waals surface area contributed by atoms with Crippen LogP contribution in [-0.2, 0) is 9.47 Å². The van der Waals surface area contributed by atoms with Crippen LogP contribution in [0, 0.1) is 0 Å². The molecule has 1 heterocycles. The molecule has 1 rings (SSSR count). The van der Waals surface area contributed by atoms with Gasteiger partial charge in [-0.1, -0.05) is 0 Å². The number of amides is 1. The number of morpholine rings is 1. The Bertz CT molecular complexity index is 404. The molecule has 0 bridgehead atoms. The zero-order valence-electron chi connectivity index (χ0n) is 16.2. The van der Waals surface area contributed by atoms with Crippen molar-refractivity contribution in [3.05, 3.63) is 0 Å². The molecule has 1 amide bonds. The van der Waals surface area contributed by atoms with Gasteiger partial charge in [-0.3, -0.25) is 9.89 Å². The van der Waals surface area contributed by atoms with Gasteiger partial charge in [-0.2, -0.15) is 0 Å². The van der Waals surface area contributed by atoms with E-state index in [1.165, 1.54) is 0 Å². The van der Waals surface area contributed by atoms with Gasteiger partial charge in [0.2, 0.25) is 0 Å². The summed E-state index contributed by atoms with van der Waals surface area (Å²) in [5.74, 6) is 0.748. The Balaban J connectivity index is 2.01. The van der Waals surface area contributed by atoms with Crippen LogP contribution in [0.15, 0.2) is 4.99 Å². The molecule has 0 saturated carbocycles. The van der Waals surface area contributed by atoms with E-state index in [0.717, 1.165) is 58.2 Å². The topological polar surface area (TPSA) is 87.2 Å². The SMILES string of the molecule is CN=C(NCCCCN1CCOCC1)NCCNC(=O)OC(C)(C)C. The zero-order chi connectivity index (χ0) is 18.5. The molecule has 1 aliphatic heterocycles. The molecule has 1 saturated heterocycles. The van der Waals surface area contributed by atoms with E-state index in [1.54, 1.807) is 7.05 Å². The molecule has 25 heavy (non-hydrogen) atoms. The van der Waals surface area contributed by atoms with Gasteiger partial charge in [0, 0.05) is 39.8 Å².